The van der Waals surface area contributed by atoms with E-state index >= 15 is 0 Å². The number of sulfonamides is 1. The topological polar surface area (TPSA) is 74.1 Å². The first-order valence-electron chi connectivity index (χ1n) is 6.00. The summed E-state index contributed by atoms with van der Waals surface area (Å²) < 4.78 is 26.1. The monoisotopic (exact) mass is 321 g/mol. The molecule has 0 bridgehead atoms. The van der Waals surface area contributed by atoms with Gasteiger partial charge in [-0.2, -0.15) is 9.57 Å². The van der Waals surface area contributed by atoms with Crippen molar-refractivity contribution in [1.82, 2.24) is 9.29 Å². The first-order chi connectivity index (χ1) is 9.95. The van der Waals surface area contributed by atoms with Crippen LogP contribution in [0.5, 0.6) is 0 Å². The van der Waals surface area contributed by atoms with Crippen LogP contribution in [0, 0.1) is 11.3 Å². The lowest BCUT2D eigenvalue weighted by Gasteiger charge is -2.17. The Labute approximate surface area is 128 Å². The standard InChI is InChI=1S/C14H12ClN3O2S/c1-18(10-12-4-2-3-11(7-12)8-16)21(19,20)14-9-17-6-5-13(14)15/h2-7,9H,10H2,1H3. The number of pyridine rings is 1. The van der Waals surface area contributed by atoms with Crippen LogP contribution in [0.3, 0.4) is 0 Å². The highest BCUT2D eigenvalue weighted by molar-refractivity contribution is 7.89. The van der Waals surface area contributed by atoms with E-state index in [1.165, 1.54) is 29.8 Å². The highest BCUT2D eigenvalue weighted by atomic mass is 35.5. The van der Waals surface area contributed by atoms with Crippen LogP contribution in [0.4, 0.5) is 0 Å². The van der Waals surface area contributed by atoms with Crippen LogP contribution in [-0.4, -0.2) is 24.8 Å². The van der Waals surface area contributed by atoms with Crippen molar-refractivity contribution in [1.29, 1.82) is 5.26 Å². The third-order valence-electron chi connectivity index (χ3n) is 2.88. The fourth-order valence-corrected chi connectivity index (χ4v) is 3.36. The maximum absolute atomic E-state index is 12.4. The minimum Gasteiger partial charge on any atom is -0.263 e. The van der Waals surface area contributed by atoms with Crippen LogP contribution in [0.25, 0.3) is 0 Å². The highest BCUT2D eigenvalue weighted by Crippen LogP contribution is 2.23. The van der Waals surface area contributed by atoms with Crippen molar-refractivity contribution in [2.24, 2.45) is 0 Å². The molecule has 0 spiro atoms. The van der Waals surface area contributed by atoms with E-state index in [-0.39, 0.29) is 16.5 Å². The number of benzene rings is 1. The van der Waals surface area contributed by atoms with Gasteiger partial charge in [0.15, 0.2) is 0 Å². The van der Waals surface area contributed by atoms with Gasteiger partial charge in [-0.1, -0.05) is 23.7 Å². The summed E-state index contributed by atoms with van der Waals surface area (Å²) >= 11 is 5.91. The molecule has 0 radical (unpaired) electrons. The van der Waals surface area contributed by atoms with Gasteiger partial charge in [-0.25, -0.2) is 8.42 Å². The molecule has 0 atom stereocenters. The molecular weight excluding hydrogens is 310 g/mol. The molecule has 1 aromatic carbocycles. The van der Waals surface area contributed by atoms with Crippen molar-refractivity contribution >= 4 is 21.6 Å². The van der Waals surface area contributed by atoms with Gasteiger partial charge in [-0.3, -0.25) is 4.98 Å². The molecule has 0 aliphatic carbocycles. The van der Waals surface area contributed by atoms with E-state index in [4.69, 9.17) is 16.9 Å². The minimum absolute atomic E-state index is 0.0365. The van der Waals surface area contributed by atoms with Gasteiger partial charge in [0.1, 0.15) is 4.90 Å². The van der Waals surface area contributed by atoms with Gasteiger partial charge in [0.2, 0.25) is 10.0 Å². The second kappa shape index (κ2) is 6.22. The van der Waals surface area contributed by atoms with E-state index in [2.05, 4.69) is 4.98 Å². The molecule has 0 N–H and O–H groups in total. The van der Waals surface area contributed by atoms with Gasteiger partial charge >= 0.3 is 0 Å². The maximum Gasteiger partial charge on any atom is 0.246 e. The number of rotatable bonds is 4. The minimum atomic E-state index is -3.73. The van der Waals surface area contributed by atoms with Gasteiger partial charge in [-0.05, 0) is 23.8 Å². The Morgan fingerprint density at radius 3 is 2.81 bits per heavy atom. The largest absolute Gasteiger partial charge is 0.263 e. The Kier molecular flexibility index (Phi) is 4.58. The van der Waals surface area contributed by atoms with Crippen molar-refractivity contribution in [3.63, 3.8) is 0 Å². The third-order valence-corrected chi connectivity index (χ3v) is 5.16. The smallest absolute Gasteiger partial charge is 0.246 e. The molecule has 2 aromatic rings. The van der Waals surface area contributed by atoms with Crippen molar-refractivity contribution in [2.45, 2.75) is 11.4 Å². The summed E-state index contributed by atoms with van der Waals surface area (Å²) in [5.41, 5.74) is 1.21. The Bertz CT molecular complexity index is 800. The van der Waals surface area contributed by atoms with Crippen LogP contribution < -0.4 is 0 Å². The normalized spacial score (nSPS) is 11.3. The predicted octanol–water partition coefficient (Wildman–Crippen LogP) is 2.43. The van der Waals surface area contributed by atoms with Gasteiger partial charge in [0, 0.05) is 26.0 Å². The fraction of sp³-hybridized carbons (Fsp3) is 0.143. The molecule has 108 valence electrons. The summed E-state index contributed by atoms with van der Waals surface area (Å²) in [4.78, 5) is 3.76. The molecule has 5 nitrogen and oxygen atoms in total. The number of halogens is 1. The van der Waals surface area contributed by atoms with Crippen LogP contribution >= 0.6 is 11.6 Å². The van der Waals surface area contributed by atoms with E-state index in [0.29, 0.717) is 5.56 Å². The fourth-order valence-electron chi connectivity index (χ4n) is 1.80. The molecule has 0 saturated carbocycles. The highest BCUT2D eigenvalue weighted by Gasteiger charge is 2.23. The van der Waals surface area contributed by atoms with Crippen molar-refractivity contribution in [3.8, 4) is 6.07 Å². The molecule has 7 heteroatoms. The second-order valence-corrected chi connectivity index (χ2v) is 6.80. The van der Waals surface area contributed by atoms with E-state index < -0.39 is 10.0 Å². The lowest BCUT2D eigenvalue weighted by molar-refractivity contribution is 0.466. The molecule has 1 heterocycles. The molecule has 0 amide bonds. The number of nitrogens with zero attached hydrogens (tertiary/aromatic N) is 3. The lowest BCUT2D eigenvalue weighted by Crippen LogP contribution is -2.26. The Balaban J connectivity index is 2.29. The number of nitriles is 1. The van der Waals surface area contributed by atoms with Crippen LogP contribution in [0.15, 0.2) is 47.6 Å². The molecule has 21 heavy (non-hydrogen) atoms. The molecule has 0 aliphatic rings. The first kappa shape index (κ1) is 15.4. The van der Waals surface area contributed by atoms with Gasteiger partial charge in [-0.15, -0.1) is 0 Å². The summed E-state index contributed by atoms with van der Waals surface area (Å²) in [5.74, 6) is 0. The van der Waals surface area contributed by atoms with E-state index in [9.17, 15) is 8.42 Å². The summed E-state index contributed by atoms with van der Waals surface area (Å²) in [6.07, 6.45) is 2.65. The Morgan fingerprint density at radius 1 is 1.38 bits per heavy atom. The maximum atomic E-state index is 12.4. The molecule has 0 unspecified atom stereocenters. The summed E-state index contributed by atoms with van der Waals surface area (Å²) in [6.45, 7) is 0.142. The third kappa shape index (κ3) is 3.39. The summed E-state index contributed by atoms with van der Waals surface area (Å²) in [6, 6.07) is 10.2. The predicted molar refractivity (Wildman–Crippen MR) is 79.1 cm³/mol. The number of aromatic nitrogens is 1. The second-order valence-electron chi connectivity index (χ2n) is 4.38. The Hall–Kier alpha value is -1.94. The average Bonchev–Trinajstić information content (AvgIpc) is 2.47. The number of hydrogen-bond acceptors (Lipinski definition) is 4. The summed E-state index contributed by atoms with van der Waals surface area (Å²) in [7, 11) is -2.28. The number of hydrogen-bond donors (Lipinski definition) is 0. The molecular formula is C14H12ClN3O2S. The van der Waals surface area contributed by atoms with Crippen LogP contribution in [0.1, 0.15) is 11.1 Å². The van der Waals surface area contributed by atoms with Gasteiger partial charge in [0.05, 0.1) is 16.7 Å². The molecule has 0 aliphatic heterocycles. The van der Waals surface area contributed by atoms with Crippen molar-refractivity contribution in [2.75, 3.05) is 7.05 Å². The van der Waals surface area contributed by atoms with Crippen molar-refractivity contribution < 1.29 is 8.42 Å². The SMILES string of the molecule is CN(Cc1cccc(C#N)c1)S(=O)(=O)c1cnccc1Cl. The zero-order valence-corrected chi connectivity index (χ0v) is 12.8. The van der Waals surface area contributed by atoms with E-state index in [1.54, 1.807) is 24.3 Å². The quantitative estimate of drug-likeness (QED) is 0.866. The van der Waals surface area contributed by atoms with Crippen LogP contribution in [-0.2, 0) is 16.6 Å². The molecule has 1 aromatic heterocycles. The summed E-state index contributed by atoms with van der Waals surface area (Å²) in [5, 5.41) is 8.99. The zero-order chi connectivity index (χ0) is 15.5. The van der Waals surface area contributed by atoms with Gasteiger partial charge in [0.25, 0.3) is 0 Å². The average molecular weight is 322 g/mol. The lowest BCUT2D eigenvalue weighted by atomic mass is 10.1. The van der Waals surface area contributed by atoms with E-state index in [1.807, 2.05) is 6.07 Å². The molecule has 0 fully saturated rings. The van der Waals surface area contributed by atoms with Crippen molar-refractivity contribution in [3.05, 3.63) is 58.9 Å². The molecule has 2 rings (SSSR count). The van der Waals surface area contributed by atoms with Crippen LogP contribution in [0.2, 0.25) is 5.02 Å². The molecule has 0 saturated heterocycles. The zero-order valence-electron chi connectivity index (χ0n) is 11.2. The Morgan fingerprint density at radius 2 is 2.14 bits per heavy atom. The van der Waals surface area contributed by atoms with Gasteiger partial charge < -0.3 is 0 Å². The van der Waals surface area contributed by atoms with E-state index in [0.717, 1.165) is 5.56 Å². The first-order valence-corrected chi connectivity index (χ1v) is 7.82.